The average Bonchev–Trinajstić information content (AvgIpc) is 2.89. The Kier molecular flexibility index (Phi) is 8.63. The van der Waals surface area contributed by atoms with Crippen molar-refractivity contribution in [2.45, 2.75) is 45.1 Å². The van der Waals surface area contributed by atoms with Crippen LogP contribution in [0.25, 0.3) is 0 Å². The molecule has 0 bridgehead atoms. The summed E-state index contributed by atoms with van der Waals surface area (Å²) >= 11 is 0. The van der Waals surface area contributed by atoms with E-state index in [1.54, 1.807) is 18.1 Å². The summed E-state index contributed by atoms with van der Waals surface area (Å²) in [5, 5.41) is 10.7. The molecule has 1 aromatic heterocycles. The molecule has 0 aliphatic heterocycles. The highest BCUT2D eigenvalue weighted by atomic mass is 127. The lowest BCUT2D eigenvalue weighted by atomic mass is 9.87. The molecular formula is C14H27IN6. The van der Waals surface area contributed by atoms with Crippen LogP contribution in [0.5, 0.6) is 0 Å². The van der Waals surface area contributed by atoms with Crippen molar-refractivity contribution in [3.05, 3.63) is 12.2 Å². The number of halogens is 1. The lowest BCUT2D eigenvalue weighted by Gasteiger charge is -2.22. The van der Waals surface area contributed by atoms with Crippen molar-refractivity contribution in [1.82, 2.24) is 25.4 Å². The van der Waals surface area contributed by atoms with Gasteiger partial charge in [0.25, 0.3) is 0 Å². The number of nitrogens with one attached hydrogen (secondary N) is 2. The highest BCUT2D eigenvalue weighted by Gasteiger charge is 2.12. The summed E-state index contributed by atoms with van der Waals surface area (Å²) in [5.41, 5.74) is 0. The molecule has 0 atom stereocenters. The zero-order valence-electron chi connectivity index (χ0n) is 13.0. The fourth-order valence-electron chi connectivity index (χ4n) is 2.73. The minimum Gasteiger partial charge on any atom is -0.356 e. The van der Waals surface area contributed by atoms with Gasteiger partial charge in [-0.2, -0.15) is 5.10 Å². The summed E-state index contributed by atoms with van der Waals surface area (Å²) < 4.78 is 1.77. The fourth-order valence-corrected chi connectivity index (χ4v) is 2.73. The van der Waals surface area contributed by atoms with Gasteiger partial charge in [0.1, 0.15) is 12.2 Å². The average molecular weight is 406 g/mol. The lowest BCUT2D eigenvalue weighted by Crippen LogP contribution is -2.38. The van der Waals surface area contributed by atoms with Crippen LogP contribution in [0.4, 0.5) is 0 Å². The molecule has 1 aliphatic rings. The van der Waals surface area contributed by atoms with Crippen molar-refractivity contribution < 1.29 is 0 Å². The number of guanidine groups is 1. The summed E-state index contributed by atoms with van der Waals surface area (Å²) in [6.07, 6.45) is 9.83. The first-order valence-corrected chi connectivity index (χ1v) is 7.57. The SMILES string of the molecule is CN=C(NCCC1CCCCC1)NCc1ncnn1C.I. The molecule has 6 nitrogen and oxygen atoms in total. The number of aryl methyl sites for hydroxylation is 1. The summed E-state index contributed by atoms with van der Waals surface area (Å²) in [6.45, 7) is 1.63. The van der Waals surface area contributed by atoms with Crippen molar-refractivity contribution in [1.29, 1.82) is 0 Å². The standard InChI is InChI=1S/C14H26N6.HI/c1-15-14(17-10-13-18-11-19-20(13)2)16-9-8-12-6-4-3-5-7-12;/h11-12H,3-10H2,1-2H3,(H2,15,16,17);1H. The van der Waals surface area contributed by atoms with E-state index in [0.29, 0.717) is 6.54 Å². The monoisotopic (exact) mass is 406 g/mol. The predicted molar refractivity (Wildman–Crippen MR) is 95.8 cm³/mol. The molecule has 1 aliphatic carbocycles. The van der Waals surface area contributed by atoms with Gasteiger partial charge in [0.05, 0.1) is 6.54 Å². The highest BCUT2D eigenvalue weighted by molar-refractivity contribution is 14.0. The topological polar surface area (TPSA) is 67.1 Å². The minimum absolute atomic E-state index is 0. The van der Waals surface area contributed by atoms with Crippen molar-refractivity contribution in [3.8, 4) is 0 Å². The van der Waals surface area contributed by atoms with Crippen LogP contribution in [-0.4, -0.2) is 34.3 Å². The van der Waals surface area contributed by atoms with E-state index in [0.717, 1.165) is 24.2 Å². The minimum atomic E-state index is 0. The normalized spacial score (nSPS) is 16.4. The van der Waals surface area contributed by atoms with Crippen molar-refractivity contribution >= 4 is 29.9 Å². The van der Waals surface area contributed by atoms with Crippen LogP contribution >= 0.6 is 24.0 Å². The Morgan fingerprint density at radius 3 is 2.71 bits per heavy atom. The molecule has 0 spiro atoms. The Balaban J connectivity index is 0.00000220. The van der Waals surface area contributed by atoms with E-state index in [2.05, 4.69) is 25.7 Å². The maximum Gasteiger partial charge on any atom is 0.191 e. The Hall–Kier alpha value is -0.860. The smallest absolute Gasteiger partial charge is 0.191 e. The van der Waals surface area contributed by atoms with Crippen LogP contribution in [0, 0.1) is 5.92 Å². The van der Waals surface area contributed by atoms with Gasteiger partial charge in [0.15, 0.2) is 5.96 Å². The van der Waals surface area contributed by atoms with Gasteiger partial charge < -0.3 is 10.6 Å². The molecular weight excluding hydrogens is 379 g/mol. The molecule has 0 aromatic carbocycles. The summed E-state index contributed by atoms with van der Waals surface area (Å²) in [4.78, 5) is 8.42. The van der Waals surface area contributed by atoms with E-state index < -0.39 is 0 Å². The number of aromatic nitrogens is 3. The Bertz CT molecular complexity index is 425. The van der Waals surface area contributed by atoms with Gasteiger partial charge in [-0.1, -0.05) is 32.1 Å². The van der Waals surface area contributed by atoms with Crippen LogP contribution in [-0.2, 0) is 13.6 Å². The highest BCUT2D eigenvalue weighted by Crippen LogP contribution is 2.25. The fraction of sp³-hybridized carbons (Fsp3) is 0.786. The van der Waals surface area contributed by atoms with Gasteiger partial charge >= 0.3 is 0 Å². The van der Waals surface area contributed by atoms with E-state index in [9.17, 15) is 0 Å². The first-order chi connectivity index (χ1) is 9.79. The van der Waals surface area contributed by atoms with E-state index in [4.69, 9.17) is 0 Å². The van der Waals surface area contributed by atoms with Crippen molar-refractivity contribution in [3.63, 3.8) is 0 Å². The van der Waals surface area contributed by atoms with Gasteiger partial charge in [-0.25, -0.2) is 4.98 Å². The summed E-state index contributed by atoms with van der Waals surface area (Å²) in [7, 11) is 3.69. The molecule has 1 aromatic rings. The van der Waals surface area contributed by atoms with E-state index in [1.165, 1.54) is 38.5 Å². The maximum atomic E-state index is 4.24. The van der Waals surface area contributed by atoms with E-state index >= 15 is 0 Å². The molecule has 1 fully saturated rings. The third-order valence-corrected chi connectivity index (χ3v) is 4.01. The van der Waals surface area contributed by atoms with Crippen molar-refractivity contribution in [2.75, 3.05) is 13.6 Å². The molecule has 0 saturated heterocycles. The van der Waals surface area contributed by atoms with Crippen LogP contribution in [0.15, 0.2) is 11.3 Å². The van der Waals surface area contributed by atoms with E-state index in [1.807, 2.05) is 7.05 Å². The third-order valence-electron chi connectivity index (χ3n) is 4.01. The second kappa shape index (κ2) is 9.97. The van der Waals surface area contributed by atoms with Gasteiger partial charge in [0.2, 0.25) is 0 Å². The number of hydrogen-bond acceptors (Lipinski definition) is 3. The molecule has 1 heterocycles. The van der Waals surface area contributed by atoms with Gasteiger partial charge in [0, 0.05) is 20.6 Å². The molecule has 0 radical (unpaired) electrons. The molecule has 2 N–H and O–H groups in total. The molecule has 0 unspecified atom stereocenters. The summed E-state index contributed by atoms with van der Waals surface area (Å²) in [6, 6.07) is 0. The van der Waals surface area contributed by atoms with Gasteiger partial charge in [-0.3, -0.25) is 9.67 Å². The van der Waals surface area contributed by atoms with Crippen molar-refractivity contribution in [2.24, 2.45) is 18.0 Å². The first kappa shape index (κ1) is 18.2. The quantitative estimate of drug-likeness (QED) is 0.447. The molecule has 1 saturated carbocycles. The number of hydrogen-bond donors (Lipinski definition) is 2. The van der Waals surface area contributed by atoms with E-state index in [-0.39, 0.29) is 24.0 Å². The Labute approximate surface area is 144 Å². The zero-order valence-corrected chi connectivity index (χ0v) is 15.3. The molecule has 120 valence electrons. The molecule has 21 heavy (non-hydrogen) atoms. The van der Waals surface area contributed by atoms with Crippen LogP contribution < -0.4 is 10.6 Å². The number of aliphatic imine (C=N–C) groups is 1. The predicted octanol–water partition coefficient (Wildman–Crippen LogP) is 2.07. The van der Waals surface area contributed by atoms with Crippen LogP contribution in [0.1, 0.15) is 44.3 Å². The molecule has 0 amide bonds. The van der Waals surface area contributed by atoms with Gasteiger partial charge in [-0.05, 0) is 12.3 Å². The summed E-state index contributed by atoms with van der Waals surface area (Å²) in [5.74, 6) is 2.64. The van der Waals surface area contributed by atoms with Crippen LogP contribution in [0.2, 0.25) is 0 Å². The Morgan fingerprint density at radius 2 is 2.10 bits per heavy atom. The molecule has 7 heteroatoms. The third kappa shape index (κ3) is 6.19. The number of rotatable bonds is 5. The van der Waals surface area contributed by atoms with Crippen LogP contribution in [0.3, 0.4) is 0 Å². The Morgan fingerprint density at radius 1 is 1.33 bits per heavy atom. The second-order valence-electron chi connectivity index (χ2n) is 5.45. The first-order valence-electron chi connectivity index (χ1n) is 7.57. The maximum absolute atomic E-state index is 4.24. The lowest BCUT2D eigenvalue weighted by molar-refractivity contribution is 0.339. The number of nitrogens with zero attached hydrogens (tertiary/aromatic N) is 4. The second-order valence-corrected chi connectivity index (χ2v) is 5.45. The van der Waals surface area contributed by atoms with Gasteiger partial charge in [-0.15, -0.1) is 24.0 Å². The zero-order chi connectivity index (χ0) is 14.2. The largest absolute Gasteiger partial charge is 0.356 e. The molecule has 2 rings (SSSR count).